The Morgan fingerprint density at radius 3 is 2.53 bits per heavy atom. The first-order valence-corrected chi connectivity index (χ1v) is 5.57. The van der Waals surface area contributed by atoms with Crippen LogP contribution in [-0.4, -0.2) is 24.6 Å². The summed E-state index contributed by atoms with van der Waals surface area (Å²) in [5.74, 6) is -0.533. The zero-order chi connectivity index (χ0) is 14.5. The molecular formula is C11H13F5N2O. The second-order valence-electron chi connectivity index (χ2n) is 3.71. The number of rotatable bonds is 6. The van der Waals surface area contributed by atoms with Gasteiger partial charge in [-0.3, -0.25) is 0 Å². The lowest BCUT2D eigenvalue weighted by molar-refractivity contribution is -0.137. The minimum atomic E-state index is -4.59. The zero-order valence-corrected chi connectivity index (χ0v) is 10.1. The third-order valence-electron chi connectivity index (χ3n) is 2.04. The van der Waals surface area contributed by atoms with E-state index in [0.717, 1.165) is 6.07 Å². The average Bonchev–Trinajstić information content (AvgIpc) is 2.32. The van der Waals surface area contributed by atoms with Crippen LogP contribution < -0.4 is 10.1 Å². The normalized spacial score (nSPS) is 11.7. The van der Waals surface area contributed by atoms with Crippen molar-refractivity contribution in [1.82, 2.24) is 4.98 Å². The van der Waals surface area contributed by atoms with Crippen LogP contribution in [0.2, 0.25) is 0 Å². The monoisotopic (exact) mass is 284 g/mol. The largest absolute Gasteiger partial charge is 0.472 e. The van der Waals surface area contributed by atoms with Gasteiger partial charge in [0, 0.05) is 12.6 Å². The summed E-state index contributed by atoms with van der Waals surface area (Å²) >= 11 is 0. The summed E-state index contributed by atoms with van der Waals surface area (Å²) in [7, 11) is 0. The molecule has 3 nitrogen and oxygen atoms in total. The number of anilines is 1. The predicted octanol–water partition coefficient (Wildman–Crippen LogP) is 3.57. The highest BCUT2D eigenvalue weighted by molar-refractivity contribution is 5.42. The van der Waals surface area contributed by atoms with E-state index in [4.69, 9.17) is 0 Å². The highest BCUT2D eigenvalue weighted by atomic mass is 19.4. The SMILES string of the molecule is CCCNc1cc(C(F)(F)F)cc(OCC(F)F)n1. The molecule has 0 unspecified atom stereocenters. The number of ether oxygens (including phenoxy) is 1. The van der Waals surface area contributed by atoms with E-state index in [1.807, 2.05) is 6.92 Å². The first-order chi connectivity index (χ1) is 8.82. The molecule has 108 valence electrons. The molecule has 0 radical (unpaired) electrons. The van der Waals surface area contributed by atoms with Crippen LogP contribution in [0.25, 0.3) is 0 Å². The second-order valence-corrected chi connectivity index (χ2v) is 3.71. The second kappa shape index (κ2) is 6.53. The van der Waals surface area contributed by atoms with E-state index in [2.05, 4.69) is 15.0 Å². The standard InChI is InChI=1S/C11H13F5N2O/c1-2-3-17-9-4-7(11(14,15)16)5-10(18-9)19-6-8(12)13/h4-5,8H,2-3,6H2,1H3,(H,17,18). The molecule has 0 atom stereocenters. The van der Waals surface area contributed by atoms with Gasteiger partial charge in [0.25, 0.3) is 6.43 Å². The lowest BCUT2D eigenvalue weighted by Crippen LogP contribution is -2.12. The summed E-state index contributed by atoms with van der Waals surface area (Å²) < 4.78 is 66.3. The molecule has 0 saturated heterocycles. The highest BCUT2D eigenvalue weighted by Gasteiger charge is 2.32. The van der Waals surface area contributed by atoms with Gasteiger partial charge in [0.05, 0.1) is 5.56 Å². The Kier molecular flexibility index (Phi) is 5.31. The van der Waals surface area contributed by atoms with Crippen LogP contribution in [0.4, 0.5) is 27.8 Å². The molecule has 8 heteroatoms. The maximum absolute atomic E-state index is 12.6. The molecule has 1 N–H and O–H groups in total. The summed E-state index contributed by atoms with van der Waals surface area (Å²) in [4.78, 5) is 3.69. The van der Waals surface area contributed by atoms with Crippen molar-refractivity contribution in [2.45, 2.75) is 25.9 Å². The van der Waals surface area contributed by atoms with E-state index in [-0.39, 0.29) is 5.82 Å². The molecular weight excluding hydrogens is 271 g/mol. The number of nitrogens with one attached hydrogen (secondary N) is 1. The van der Waals surface area contributed by atoms with E-state index >= 15 is 0 Å². The van der Waals surface area contributed by atoms with Crippen LogP contribution in [0.1, 0.15) is 18.9 Å². The number of nitrogens with zero attached hydrogens (tertiary/aromatic N) is 1. The molecule has 0 amide bonds. The fraction of sp³-hybridized carbons (Fsp3) is 0.545. The maximum Gasteiger partial charge on any atom is 0.416 e. The van der Waals surface area contributed by atoms with Gasteiger partial charge in [-0.25, -0.2) is 8.78 Å². The molecule has 0 aliphatic carbocycles. The predicted molar refractivity (Wildman–Crippen MR) is 59.5 cm³/mol. The molecule has 19 heavy (non-hydrogen) atoms. The van der Waals surface area contributed by atoms with Gasteiger partial charge < -0.3 is 10.1 Å². The number of hydrogen-bond acceptors (Lipinski definition) is 3. The lowest BCUT2D eigenvalue weighted by atomic mass is 10.2. The molecule has 0 aliphatic heterocycles. The minimum Gasteiger partial charge on any atom is -0.472 e. The fourth-order valence-corrected chi connectivity index (χ4v) is 1.23. The van der Waals surface area contributed by atoms with E-state index in [0.29, 0.717) is 19.0 Å². The number of halogens is 5. The topological polar surface area (TPSA) is 34.1 Å². The van der Waals surface area contributed by atoms with Crippen molar-refractivity contribution in [3.05, 3.63) is 17.7 Å². The van der Waals surface area contributed by atoms with Gasteiger partial charge in [0.2, 0.25) is 5.88 Å². The van der Waals surface area contributed by atoms with E-state index in [1.54, 1.807) is 0 Å². The average molecular weight is 284 g/mol. The van der Waals surface area contributed by atoms with Gasteiger partial charge in [0.15, 0.2) is 6.61 Å². The van der Waals surface area contributed by atoms with Crippen LogP contribution in [-0.2, 0) is 6.18 Å². The Morgan fingerprint density at radius 1 is 1.32 bits per heavy atom. The van der Waals surface area contributed by atoms with Crippen molar-refractivity contribution >= 4 is 5.82 Å². The van der Waals surface area contributed by atoms with Crippen molar-refractivity contribution < 1.29 is 26.7 Å². The Hall–Kier alpha value is -1.60. The summed E-state index contributed by atoms with van der Waals surface area (Å²) in [5.41, 5.74) is -0.995. The number of aromatic nitrogens is 1. The molecule has 1 aromatic rings. The van der Waals surface area contributed by atoms with Crippen molar-refractivity contribution in [3.8, 4) is 5.88 Å². The molecule has 0 bridgehead atoms. The number of hydrogen-bond donors (Lipinski definition) is 1. The number of alkyl halides is 5. The van der Waals surface area contributed by atoms with Crippen molar-refractivity contribution in [2.24, 2.45) is 0 Å². The molecule has 0 spiro atoms. The molecule has 1 aromatic heterocycles. The Bertz CT molecular complexity index is 409. The lowest BCUT2D eigenvalue weighted by Gasteiger charge is -2.12. The third-order valence-corrected chi connectivity index (χ3v) is 2.04. The summed E-state index contributed by atoms with van der Waals surface area (Å²) in [6.07, 6.45) is -6.68. The molecule has 1 heterocycles. The van der Waals surface area contributed by atoms with Crippen LogP contribution >= 0.6 is 0 Å². The summed E-state index contributed by atoms with van der Waals surface area (Å²) in [5, 5.41) is 2.66. The minimum absolute atomic E-state index is 0.0547. The van der Waals surface area contributed by atoms with E-state index in [9.17, 15) is 22.0 Å². The maximum atomic E-state index is 12.6. The molecule has 0 fully saturated rings. The molecule has 0 saturated carbocycles. The van der Waals surface area contributed by atoms with Gasteiger partial charge in [0.1, 0.15) is 5.82 Å². The molecule has 0 aliphatic rings. The summed E-state index contributed by atoms with van der Waals surface area (Å²) in [6.45, 7) is 1.25. The third kappa shape index (κ3) is 5.27. The zero-order valence-electron chi connectivity index (χ0n) is 10.1. The van der Waals surface area contributed by atoms with E-state index in [1.165, 1.54) is 0 Å². The fourth-order valence-electron chi connectivity index (χ4n) is 1.23. The smallest absolute Gasteiger partial charge is 0.416 e. The van der Waals surface area contributed by atoms with Gasteiger partial charge in [-0.2, -0.15) is 18.2 Å². The Balaban J connectivity index is 2.95. The highest BCUT2D eigenvalue weighted by Crippen LogP contribution is 2.32. The Labute approximate surface area is 106 Å². The molecule has 0 aromatic carbocycles. The molecule has 1 rings (SSSR count). The first kappa shape index (κ1) is 15.5. The van der Waals surface area contributed by atoms with Crippen LogP contribution in [0.5, 0.6) is 5.88 Å². The van der Waals surface area contributed by atoms with Crippen molar-refractivity contribution in [2.75, 3.05) is 18.5 Å². The summed E-state index contributed by atoms with van der Waals surface area (Å²) in [6, 6.07) is 1.41. The first-order valence-electron chi connectivity index (χ1n) is 5.57. The van der Waals surface area contributed by atoms with Crippen LogP contribution in [0.3, 0.4) is 0 Å². The van der Waals surface area contributed by atoms with Gasteiger partial charge in [-0.1, -0.05) is 6.92 Å². The van der Waals surface area contributed by atoms with Gasteiger partial charge in [-0.15, -0.1) is 0 Å². The van der Waals surface area contributed by atoms with Crippen molar-refractivity contribution in [3.63, 3.8) is 0 Å². The quantitative estimate of drug-likeness (QED) is 0.811. The van der Waals surface area contributed by atoms with Gasteiger partial charge >= 0.3 is 6.18 Å². The van der Waals surface area contributed by atoms with E-state index < -0.39 is 30.7 Å². The number of pyridine rings is 1. The van der Waals surface area contributed by atoms with Crippen LogP contribution in [0, 0.1) is 0 Å². The van der Waals surface area contributed by atoms with Gasteiger partial charge in [-0.05, 0) is 12.5 Å². The van der Waals surface area contributed by atoms with Crippen molar-refractivity contribution in [1.29, 1.82) is 0 Å². The van der Waals surface area contributed by atoms with Crippen LogP contribution in [0.15, 0.2) is 12.1 Å². The Morgan fingerprint density at radius 2 is 2.00 bits per heavy atom.